The number of ether oxygens (including phenoxy) is 1. The molecule has 35 heavy (non-hydrogen) atoms. The Balaban J connectivity index is 1.48. The van der Waals surface area contributed by atoms with Crippen LogP contribution in [-0.2, 0) is 14.8 Å². The number of amides is 2. The van der Waals surface area contributed by atoms with Crippen molar-refractivity contribution in [3.63, 3.8) is 0 Å². The van der Waals surface area contributed by atoms with Crippen LogP contribution in [0.5, 0.6) is 0 Å². The summed E-state index contributed by atoms with van der Waals surface area (Å²) in [7, 11) is -3.76. The summed E-state index contributed by atoms with van der Waals surface area (Å²) in [4.78, 5) is 26.4. The molecule has 3 aromatic rings. The fourth-order valence-electron chi connectivity index (χ4n) is 4.24. The molecule has 0 aliphatic carbocycles. The summed E-state index contributed by atoms with van der Waals surface area (Å²) in [5.74, 6) is -0.219. The normalized spacial score (nSPS) is 14.6. The molecule has 4 rings (SSSR count). The Morgan fingerprint density at radius 2 is 1.77 bits per heavy atom. The van der Waals surface area contributed by atoms with Gasteiger partial charge in [-0.25, -0.2) is 17.9 Å². The molecule has 1 aliphatic rings. The van der Waals surface area contributed by atoms with Gasteiger partial charge in [-0.2, -0.15) is 0 Å². The first-order valence-corrected chi connectivity index (χ1v) is 13.1. The molecule has 1 saturated heterocycles. The van der Waals surface area contributed by atoms with Crippen molar-refractivity contribution in [2.45, 2.75) is 37.6 Å². The highest BCUT2D eigenvalue weighted by Gasteiger charge is 2.27. The number of hydrogen-bond acceptors (Lipinski definition) is 5. The molecule has 3 aromatic carbocycles. The van der Waals surface area contributed by atoms with Gasteiger partial charge in [0.05, 0.1) is 11.5 Å². The molecule has 1 aliphatic heterocycles. The van der Waals surface area contributed by atoms with Crippen molar-refractivity contribution in [3.8, 4) is 0 Å². The molecular formula is C26H29N3O5S. The topological polar surface area (TPSA) is 105 Å². The van der Waals surface area contributed by atoms with Gasteiger partial charge < -0.3 is 15.0 Å². The second kappa shape index (κ2) is 10.5. The predicted molar refractivity (Wildman–Crippen MR) is 135 cm³/mol. The number of nitrogens with zero attached hydrogens (tertiary/aromatic N) is 1. The van der Waals surface area contributed by atoms with E-state index in [-0.39, 0.29) is 22.9 Å². The van der Waals surface area contributed by atoms with E-state index in [1.165, 1.54) is 0 Å². The van der Waals surface area contributed by atoms with E-state index < -0.39 is 10.0 Å². The number of piperidine rings is 1. The van der Waals surface area contributed by atoms with Crippen molar-refractivity contribution in [1.82, 2.24) is 9.62 Å². The number of carbonyl (C=O) groups excluding carboxylic acids is 2. The lowest BCUT2D eigenvalue weighted by Gasteiger charge is -2.31. The fourth-order valence-corrected chi connectivity index (χ4v) is 5.58. The van der Waals surface area contributed by atoms with Gasteiger partial charge in [0.15, 0.2) is 0 Å². The predicted octanol–water partition coefficient (Wildman–Crippen LogP) is 4.30. The standard InChI is InChI=1S/C26H29N3O5S/c1-3-34-26(31)29-15-13-20(14-16-29)28-35(32,33)21-11-12-23-19(17-21)8-6-10-24(23)27-25(30)22-9-5-4-7-18(22)2/h4-12,17,20,28H,3,13-16H2,1-2H3,(H,27,30). The second-order valence-electron chi connectivity index (χ2n) is 8.54. The largest absolute Gasteiger partial charge is 0.450 e. The number of fused-ring (bicyclic) bond motifs is 1. The zero-order valence-electron chi connectivity index (χ0n) is 19.8. The molecular weight excluding hydrogens is 466 g/mol. The maximum Gasteiger partial charge on any atom is 0.409 e. The van der Waals surface area contributed by atoms with Gasteiger partial charge in [-0.3, -0.25) is 4.79 Å². The summed E-state index contributed by atoms with van der Waals surface area (Å²) >= 11 is 0. The first-order valence-electron chi connectivity index (χ1n) is 11.6. The lowest BCUT2D eigenvalue weighted by molar-refractivity contribution is 0.0964. The number of likely N-dealkylation sites (tertiary alicyclic amines) is 1. The molecule has 0 atom stereocenters. The van der Waals surface area contributed by atoms with Gasteiger partial charge in [0, 0.05) is 35.8 Å². The van der Waals surface area contributed by atoms with Crippen molar-refractivity contribution in [2.75, 3.05) is 25.0 Å². The maximum absolute atomic E-state index is 13.1. The van der Waals surface area contributed by atoms with Gasteiger partial charge >= 0.3 is 6.09 Å². The molecule has 2 amide bonds. The van der Waals surface area contributed by atoms with E-state index in [2.05, 4.69) is 10.0 Å². The van der Waals surface area contributed by atoms with Crippen LogP contribution in [0.15, 0.2) is 65.6 Å². The van der Waals surface area contributed by atoms with Gasteiger partial charge in [0.1, 0.15) is 0 Å². The molecule has 1 fully saturated rings. The molecule has 184 valence electrons. The third-order valence-electron chi connectivity index (χ3n) is 6.14. The lowest BCUT2D eigenvalue weighted by Crippen LogP contribution is -2.46. The Morgan fingerprint density at radius 3 is 2.49 bits per heavy atom. The first kappa shape index (κ1) is 24.7. The van der Waals surface area contributed by atoms with Crippen LogP contribution in [0, 0.1) is 6.92 Å². The third-order valence-corrected chi connectivity index (χ3v) is 7.66. The van der Waals surface area contributed by atoms with Crippen LogP contribution in [0.4, 0.5) is 10.5 Å². The van der Waals surface area contributed by atoms with E-state index in [9.17, 15) is 18.0 Å². The monoisotopic (exact) mass is 495 g/mol. The number of rotatable bonds is 6. The summed E-state index contributed by atoms with van der Waals surface area (Å²) in [6.07, 6.45) is 0.662. The van der Waals surface area contributed by atoms with Gasteiger partial charge in [0.25, 0.3) is 5.91 Å². The maximum atomic E-state index is 13.1. The fraction of sp³-hybridized carbons (Fsp3) is 0.308. The Hall–Kier alpha value is -3.43. The lowest BCUT2D eigenvalue weighted by atomic mass is 10.1. The minimum Gasteiger partial charge on any atom is -0.450 e. The van der Waals surface area contributed by atoms with Gasteiger partial charge in [-0.1, -0.05) is 36.4 Å². The van der Waals surface area contributed by atoms with E-state index in [4.69, 9.17) is 4.74 Å². The number of aryl methyl sites for hydroxylation is 1. The molecule has 0 saturated carbocycles. The number of anilines is 1. The Morgan fingerprint density at radius 1 is 1.03 bits per heavy atom. The number of sulfonamides is 1. The quantitative estimate of drug-likeness (QED) is 0.531. The first-order chi connectivity index (χ1) is 16.8. The zero-order valence-corrected chi connectivity index (χ0v) is 20.6. The summed E-state index contributed by atoms with van der Waals surface area (Å²) in [6, 6.07) is 17.3. The summed E-state index contributed by atoms with van der Waals surface area (Å²) in [5.41, 5.74) is 2.07. The smallest absolute Gasteiger partial charge is 0.409 e. The van der Waals surface area contributed by atoms with Crippen LogP contribution in [-0.4, -0.2) is 51.1 Å². The average Bonchev–Trinajstić information content (AvgIpc) is 2.84. The minimum atomic E-state index is -3.76. The highest BCUT2D eigenvalue weighted by molar-refractivity contribution is 7.89. The molecule has 0 bridgehead atoms. The highest BCUT2D eigenvalue weighted by atomic mass is 32.2. The van der Waals surface area contributed by atoms with E-state index in [1.807, 2.05) is 31.2 Å². The van der Waals surface area contributed by atoms with E-state index in [0.29, 0.717) is 49.2 Å². The highest BCUT2D eigenvalue weighted by Crippen LogP contribution is 2.27. The Bertz CT molecular complexity index is 1350. The summed E-state index contributed by atoms with van der Waals surface area (Å²) in [5, 5.41) is 4.39. The minimum absolute atomic E-state index is 0.153. The molecule has 2 N–H and O–H groups in total. The third kappa shape index (κ3) is 5.63. The van der Waals surface area contributed by atoms with Gasteiger partial charge in [-0.15, -0.1) is 0 Å². The van der Waals surface area contributed by atoms with Gasteiger partial charge in [0.2, 0.25) is 10.0 Å². The van der Waals surface area contributed by atoms with Crippen molar-refractivity contribution in [1.29, 1.82) is 0 Å². The summed E-state index contributed by atoms with van der Waals surface area (Å²) < 4.78 is 33.9. The van der Waals surface area contributed by atoms with E-state index >= 15 is 0 Å². The molecule has 0 aromatic heterocycles. The van der Waals surface area contributed by atoms with Gasteiger partial charge in [-0.05, 0) is 61.9 Å². The molecule has 0 unspecified atom stereocenters. The number of hydrogen-bond donors (Lipinski definition) is 2. The van der Waals surface area contributed by atoms with Crippen LogP contribution in [0.25, 0.3) is 10.8 Å². The van der Waals surface area contributed by atoms with Crippen molar-refractivity contribution >= 4 is 38.5 Å². The van der Waals surface area contributed by atoms with Crippen molar-refractivity contribution in [3.05, 3.63) is 71.8 Å². The number of benzene rings is 3. The van der Waals surface area contributed by atoms with E-state index in [1.54, 1.807) is 48.2 Å². The second-order valence-corrected chi connectivity index (χ2v) is 10.3. The molecule has 1 heterocycles. The molecule has 0 radical (unpaired) electrons. The molecule has 0 spiro atoms. The van der Waals surface area contributed by atoms with Crippen LogP contribution in [0.3, 0.4) is 0 Å². The number of carbonyl (C=O) groups is 2. The SMILES string of the molecule is CCOC(=O)N1CCC(NS(=O)(=O)c2ccc3c(NC(=O)c4ccccc4C)cccc3c2)CC1. The van der Waals surface area contributed by atoms with Crippen molar-refractivity contribution < 1.29 is 22.7 Å². The number of nitrogens with one attached hydrogen (secondary N) is 2. The summed E-state index contributed by atoms with van der Waals surface area (Å²) in [6.45, 7) is 4.82. The van der Waals surface area contributed by atoms with Crippen molar-refractivity contribution in [2.24, 2.45) is 0 Å². The van der Waals surface area contributed by atoms with E-state index in [0.717, 1.165) is 10.9 Å². The van der Waals surface area contributed by atoms with Crippen LogP contribution >= 0.6 is 0 Å². The zero-order chi connectivity index (χ0) is 25.0. The average molecular weight is 496 g/mol. The van der Waals surface area contributed by atoms with Crippen LogP contribution in [0.2, 0.25) is 0 Å². The molecule has 9 heteroatoms. The Kier molecular flexibility index (Phi) is 7.37. The van der Waals surface area contributed by atoms with Crippen LogP contribution in [0.1, 0.15) is 35.7 Å². The molecule has 8 nitrogen and oxygen atoms in total. The van der Waals surface area contributed by atoms with Crippen LogP contribution < -0.4 is 10.0 Å². The Labute approximate surface area is 205 Å².